The van der Waals surface area contributed by atoms with E-state index in [1.165, 1.54) is 12.1 Å². The van der Waals surface area contributed by atoms with E-state index in [2.05, 4.69) is 4.98 Å². The van der Waals surface area contributed by atoms with E-state index >= 15 is 0 Å². The molecular weight excluding hydrogens is 241 g/mol. The first-order valence-electron chi connectivity index (χ1n) is 6.11. The standard InChI is InChI=1S/C15H14FN3/c1-10-4-2-7-13-14(10)18-15(17)19(13)9-11-5-3-6-12(16)8-11/h2-8H,9H2,1H3,(H2,17,18). The number of benzene rings is 2. The van der Waals surface area contributed by atoms with E-state index < -0.39 is 0 Å². The lowest BCUT2D eigenvalue weighted by molar-refractivity contribution is 0.624. The highest BCUT2D eigenvalue weighted by atomic mass is 19.1. The molecule has 1 heterocycles. The van der Waals surface area contributed by atoms with Gasteiger partial charge in [-0.05, 0) is 36.2 Å². The number of imidazole rings is 1. The van der Waals surface area contributed by atoms with E-state index in [9.17, 15) is 4.39 Å². The normalized spacial score (nSPS) is 11.1. The molecule has 4 heteroatoms. The van der Waals surface area contributed by atoms with Gasteiger partial charge in [0.25, 0.3) is 0 Å². The quantitative estimate of drug-likeness (QED) is 0.764. The summed E-state index contributed by atoms with van der Waals surface area (Å²) in [6, 6.07) is 12.5. The van der Waals surface area contributed by atoms with Crippen molar-refractivity contribution < 1.29 is 4.39 Å². The van der Waals surface area contributed by atoms with Gasteiger partial charge in [0.2, 0.25) is 5.95 Å². The fraction of sp³-hybridized carbons (Fsp3) is 0.133. The smallest absolute Gasteiger partial charge is 0.201 e. The highest BCUT2D eigenvalue weighted by Gasteiger charge is 2.10. The zero-order valence-electron chi connectivity index (χ0n) is 10.6. The lowest BCUT2D eigenvalue weighted by Crippen LogP contribution is -2.04. The van der Waals surface area contributed by atoms with Crippen LogP contribution in [-0.2, 0) is 6.54 Å². The first kappa shape index (κ1) is 11.7. The molecule has 0 aliphatic heterocycles. The molecule has 3 rings (SSSR count). The Balaban J connectivity index is 2.10. The van der Waals surface area contributed by atoms with Crippen LogP contribution in [0.4, 0.5) is 10.3 Å². The predicted octanol–water partition coefficient (Wildman–Crippen LogP) is 3.11. The zero-order chi connectivity index (χ0) is 13.4. The number of para-hydroxylation sites is 1. The Labute approximate surface area is 110 Å². The van der Waals surface area contributed by atoms with Gasteiger partial charge in [-0.2, -0.15) is 0 Å². The summed E-state index contributed by atoms with van der Waals surface area (Å²) < 4.78 is 15.1. The number of nitrogens with zero attached hydrogens (tertiary/aromatic N) is 2. The van der Waals surface area contributed by atoms with E-state index in [-0.39, 0.29) is 5.82 Å². The van der Waals surface area contributed by atoms with Crippen LogP contribution in [0.5, 0.6) is 0 Å². The first-order chi connectivity index (χ1) is 9.15. The molecule has 2 N–H and O–H groups in total. The van der Waals surface area contributed by atoms with Crippen LogP contribution in [0, 0.1) is 12.7 Å². The van der Waals surface area contributed by atoms with Crippen LogP contribution in [0.15, 0.2) is 42.5 Å². The maximum atomic E-state index is 13.2. The number of halogens is 1. The number of aromatic nitrogens is 2. The maximum absolute atomic E-state index is 13.2. The minimum Gasteiger partial charge on any atom is -0.369 e. The Hall–Kier alpha value is -2.36. The lowest BCUT2D eigenvalue weighted by Gasteiger charge is -2.07. The number of nitrogen functional groups attached to an aromatic ring is 1. The fourth-order valence-corrected chi connectivity index (χ4v) is 2.29. The van der Waals surface area contributed by atoms with Crippen molar-refractivity contribution in [3.63, 3.8) is 0 Å². The molecule has 0 amide bonds. The summed E-state index contributed by atoms with van der Waals surface area (Å²) in [5.41, 5.74) is 9.79. The maximum Gasteiger partial charge on any atom is 0.201 e. The summed E-state index contributed by atoms with van der Waals surface area (Å²) in [7, 11) is 0. The van der Waals surface area contributed by atoms with Crippen LogP contribution < -0.4 is 5.73 Å². The van der Waals surface area contributed by atoms with Crippen molar-refractivity contribution in [1.29, 1.82) is 0 Å². The van der Waals surface area contributed by atoms with Crippen molar-refractivity contribution in [2.24, 2.45) is 0 Å². The topological polar surface area (TPSA) is 43.8 Å². The molecule has 0 fully saturated rings. The van der Waals surface area contributed by atoms with Gasteiger partial charge in [0.05, 0.1) is 17.6 Å². The van der Waals surface area contributed by atoms with Crippen molar-refractivity contribution in [3.05, 3.63) is 59.4 Å². The molecule has 0 unspecified atom stereocenters. The Kier molecular flexibility index (Phi) is 2.71. The molecule has 0 aliphatic carbocycles. The summed E-state index contributed by atoms with van der Waals surface area (Å²) in [6.45, 7) is 2.52. The molecule has 96 valence electrons. The molecule has 0 atom stereocenters. The Bertz CT molecular complexity index is 746. The number of hydrogen-bond donors (Lipinski definition) is 1. The van der Waals surface area contributed by atoms with Gasteiger partial charge in [0.1, 0.15) is 5.82 Å². The largest absolute Gasteiger partial charge is 0.369 e. The average Bonchev–Trinajstić information content (AvgIpc) is 2.69. The molecule has 3 aromatic rings. The summed E-state index contributed by atoms with van der Waals surface area (Å²) in [6.07, 6.45) is 0. The van der Waals surface area contributed by atoms with Gasteiger partial charge in [-0.15, -0.1) is 0 Å². The second-order valence-corrected chi connectivity index (χ2v) is 4.63. The van der Waals surface area contributed by atoms with Crippen LogP contribution in [0.2, 0.25) is 0 Å². The molecule has 0 saturated carbocycles. The van der Waals surface area contributed by atoms with Crippen LogP contribution in [-0.4, -0.2) is 9.55 Å². The molecule has 2 aromatic carbocycles. The van der Waals surface area contributed by atoms with Gasteiger partial charge < -0.3 is 10.3 Å². The van der Waals surface area contributed by atoms with Crippen LogP contribution in [0.3, 0.4) is 0 Å². The Morgan fingerprint density at radius 3 is 2.79 bits per heavy atom. The number of fused-ring (bicyclic) bond motifs is 1. The molecule has 0 spiro atoms. The van der Waals surface area contributed by atoms with E-state index in [0.29, 0.717) is 12.5 Å². The second-order valence-electron chi connectivity index (χ2n) is 4.63. The van der Waals surface area contributed by atoms with Crippen molar-refractivity contribution in [2.45, 2.75) is 13.5 Å². The SMILES string of the molecule is Cc1cccc2c1nc(N)n2Cc1cccc(F)c1. The average molecular weight is 255 g/mol. The van der Waals surface area contributed by atoms with Crippen molar-refractivity contribution in [2.75, 3.05) is 5.73 Å². The molecule has 19 heavy (non-hydrogen) atoms. The zero-order valence-corrected chi connectivity index (χ0v) is 10.6. The van der Waals surface area contributed by atoms with E-state index in [1.807, 2.05) is 35.8 Å². The third kappa shape index (κ3) is 2.05. The summed E-state index contributed by atoms with van der Waals surface area (Å²) >= 11 is 0. The third-order valence-corrected chi connectivity index (χ3v) is 3.24. The summed E-state index contributed by atoms with van der Waals surface area (Å²) in [5, 5.41) is 0. The van der Waals surface area contributed by atoms with Crippen LogP contribution in [0.25, 0.3) is 11.0 Å². The highest BCUT2D eigenvalue weighted by molar-refractivity contribution is 5.81. The monoisotopic (exact) mass is 255 g/mol. The first-order valence-corrected chi connectivity index (χ1v) is 6.11. The molecule has 1 aromatic heterocycles. The summed E-state index contributed by atoms with van der Waals surface area (Å²) in [5.74, 6) is 0.213. The lowest BCUT2D eigenvalue weighted by atomic mass is 10.2. The fourth-order valence-electron chi connectivity index (χ4n) is 2.29. The van der Waals surface area contributed by atoms with E-state index in [4.69, 9.17) is 5.73 Å². The number of rotatable bonds is 2. The number of anilines is 1. The molecule has 0 aliphatic rings. The Morgan fingerprint density at radius 1 is 1.21 bits per heavy atom. The third-order valence-electron chi connectivity index (χ3n) is 3.24. The number of nitrogens with two attached hydrogens (primary N) is 1. The molecular formula is C15H14FN3. The van der Waals surface area contributed by atoms with Gasteiger partial charge >= 0.3 is 0 Å². The Morgan fingerprint density at radius 2 is 2.00 bits per heavy atom. The minimum atomic E-state index is -0.239. The van der Waals surface area contributed by atoms with E-state index in [1.54, 1.807) is 6.07 Å². The van der Waals surface area contributed by atoms with Gasteiger partial charge in [-0.1, -0.05) is 24.3 Å². The number of aryl methyl sites for hydroxylation is 1. The molecule has 0 radical (unpaired) electrons. The van der Waals surface area contributed by atoms with Gasteiger partial charge in [0.15, 0.2) is 0 Å². The highest BCUT2D eigenvalue weighted by Crippen LogP contribution is 2.22. The van der Waals surface area contributed by atoms with Crippen LogP contribution >= 0.6 is 0 Å². The van der Waals surface area contributed by atoms with Gasteiger partial charge in [-0.25, -0.2) is 9.37 Å². The minimum absolute atomic E-state index is 0.239. The molecule has 0 saturated heterocycles. The van der Waals surface area contributed by atoms with Crippen molar-refractivity contribution >= 4 is 17.0 Å². The van der Waals surface area contributed by atoms with Crippen molar-refractivity contribution in [1.82, 2.24) is 9.55 Å². The van der Waals surface area contributed by atoms with Crippen molar-refractivity contribution in [3.8, 4) is 0 Å². The molecule has 3 nitrogen and oxygen atoms in total. The predicted molar refractivity (Wildman–Crippen MR) is 74.4 cm³/mol. The van der Waals surface area contributed by atoms with Gasteiger partial charge in [-0.3, -0.25) is 0 Å². The van der Waals surface area contributed by atoms with Gasteiger partial charge in [0, 0.05) is 0 Å². The van der Waals surface area contributed by atoms with Crippen LogP contribution in [0.1, 0.15) is 11.1 Å². The van der Waals surface area contributed by atoms with E-state index in [0.717, 1.165) is 22.2 Å². The number of hydrogen-bond acceptors (Lipinski definition) is 2. The second kappa shape index (κ2) is 4.39. The molecule has 0 bridgehead atoms. The summed E-state index contributed by atoms with van der Waals surface area (Å²) in [4.78, 5) is 4.38.